The zero-order valence-corrected chi connectivity index (χ0v) is 15.4. The molecule has 0 saturated carbocycles. The summed E-state index contributed by atoms with van der Waals surface area (Å²) < 4.78 is 10.7. The first-order valence-corrected chi connectivity index (χ1v) is 8.59. The number of ether oxygens (including phenoxy) is 2. The van der Waals surface area contributed by atoms with Crippen LogP contribution >= 0.6 is 0 Å². The van der Waals surface area contributed by atoms with Crippen LogP contribution < -0.4 is 5.32 Å². The molecule has 5 nitrogen and oxygen atoms in total. The summed E-state index contributed by atoms with van der Waals surface area (Å²) in [6.07, 6.45) is -0.00324. The van der Waals surface area contributed by atoms with E-state index in [0.717, 1.165) is 5.56 Å². The van der Waals surface area contributed by atoms with Crippen molar-refractivity contribution < 1.29 is 19.1 Å². The second-order valence-corrected chi connectivity index (χ2v) is 7.00. The molecular formula is C21H25NO4. The number of benzene rings is 2. The van der Waals surface area contributed by atoms with Crippen molar-refractivity contribution in [2.45, 2.75) is 38.8 Å². The topological polar surface area (TPSA) is 64.6 Å². The van der Waals surface area contributed by atoms with Crippen LogP contribution in [0.5, 0.6) is 0 Å². The van der Waals surface area contributed by atoms with E-state index in [-0.39, 0.29) is 12.6 Å². The standard InChI is InChI=1S/C21H25NO4/c1-21(2,3)26-20(24)22-18(14-16-10-6-4-7-11-16)15-25-19(23)17-12-8-5-9-13-17/h4-13,18H,14-15H2,1-3H3,(H,22,24)/t18-/m1/s1. The molecule has 0 aliphatic heterocycles. The van der Waals surface area contributed by atoms with Crippen LogP contribution in [0.4, 0.5) is 4.79 Å². The highest BCUT2D eigenvalue weighted by Crippen LogP contribution is 2.09. The van der Waals surface area contributed by atoms with Crippen LogP contribution in [0.2, 0.25) is 0 Å². The first-order chi connectivity index (χ1) is 12.3. The largest absolute Gasteiger partial charge is 0.460 e. The highest BCUT2D eigenvalue weighted by molar-refractivity contribution is 5.89. The van der Waals surface area contributed by atoms with Gasteiger partial charge in [-0.25, -0.2) is 9.59 Å². The highest BCUT2D eigenvalue weighted by Gasteiger charge is 2.21. The number of hydrogen-bond acceptors (Lipinski definition) is 4. The van der Waals surface area contributed by atoms with Crippen LogP contribution in [0.15, 0.2) is 60.7 Å². The van der Waals surface area contributed by atoms with Crippen molar-refractivity contribution in [3.05, 3.63) is 71.8 Å². The van der Waals surface area contributed by atoms with Crippen molar-refractivity contribution in [3.63, 3.8) is 0 Å². The second-order valence-electron chi connectivity index (χ2n) is 7.00. The summed E-state index contributed by atoms with van der Waals surface area (Å²) in [6, 6.07) is 18.1. The zero-order chi connectivity index (χ0) is 19.0. The van der Waals surface area contributed by atoms with Crippen molar-refractivity contribution in [2.75, 3.05) is 6.61 Å². The molecule has 0 fully saturated rings. The maximum atomic E-state index is 12.1. The van der Waals surface area contributed by atoms with E-state index in [1.807, 2.05) is 36.4 Å². The lowest BCUT2D eigenvalue weighted by molar-refractivity contribution is 0.0369. The molecule has 0 radical (unpaired) electrons. The lowest BCUT2D eigenvalue weighted by Crippen LogP contribution is -2.43. The molecule has 1 atom stereocenters. The van der Waals surface area contributed by atoms with Crippen LogP contribution in [0.25, 0.3) is 0 Å². The van der Waals surface area contributed by atoms with Gasteiger partial charge in [-0.05, 0) is 44.9 Å². The molecule has 0 spiro atoms. The van der Waals surface area contributed by atoms with Crippen molar-refractivity contribution in [1.29, 1.82) is 0 Å². The summed E-state index contributed by atoms with van der Waals surface area (Å²) in [6.45, 7) is 5.46. The van der Waals surface area contributed by atoms with Gasteiger partial charge >= 0.3 is 12.1 Å². The number of carbonyl (C=O) groups is 2. The number of amides is 1. The predicted octanol–water partition coefficient (Wildman–Crippen LogP) is 3.98. The normalized spacial score (nSPS) is 12.1. The van der Waals surface area contributed by atoms with E-state index in [1.54, 1.807) is 45.0 Å². The van der Waals surface area contributed by atoms with E-state index < -0.39 is 17.7 Å². The third kappa shape index (κ3) is 6.97. The Balaban J connectivity index is 2.00. The SMILES string of the molecule is CC(C)(C)OC(=O)N[C@@H](COC(=O)c1ccccc1)Cc1ccccc1. The number of hydrogen-bond donors (Lipinski definition) is 1. The monoisotopic (exact) mass is 355 g/mol. The van der Waals surface area contributed by atoms with Gasteiger partial charge in [0.25, 0.3) is 0 Å². The Hall–Kier alpha value is -2.82. The maximum Gasteiger partial charge on any atom is 0.408 e. The molecule has 1 N–H and O–H groups in total. The minimum Gasteiger partial charge on any atom is -0.460 e. The smallest absolute Gasteiger partial charge is 0.408 e. The van der Waals surface area contributed by atoms with Gasteiger partial charge in [0.15, 0.2) is 0 Å². The minimum atomic E-state index is -0.595. The van der Waals surface area contributed by atoms with E-state index >= 15 is 0 Å². The first kappa shape index (κ1) is 19.5. The summed E-state index contributed by atoms with van der Waals surface area (Å²) in [7, 11) is 0. The molecule has 0 unspecified atom stereocenters. The molecule has 1 amide bonds. The molecule has 0 bridgehead atoms. The third-order valence-corrected chi connectivity index (χ3v) is 3.47. The average Bonchev–Trinajstić information content (AvgIpc) is 2.59. The Morgan fingerprint density at radius 2 is 1.54 bits per heavy atom. The molecule has 2 aromatic rings. The number of carbonyl (C=O) groups excluding carboxylic acids is 2. The van der Waals surface area contributed by atoms with E-state index in [9.17, 15) is 9.59 Å². The van der Waals surface area contributed by atoms with Crippen LogP contribution in [0.3, 0.4) is 0 Å². The molecule has 138 valence electrons. The summed E-state index contributed by atoms with van der Waals surface area (Å²) in [5, 5.41) is 2.79. The second kappa shape index (κ2) is 9.04. The number of alkyl carbamates (subject to hydrolysis) is 1. The van der Waals surface area contributed by atoms with Crippen molar-refractivity contribution in [1.82, 2.24) is 5.32 Å². The van der Waals surface area contributed by atoms with Crippen LogP contribution in [0.1, 0.15) is 36.7 Å². The molecule has 0 aliphatic rings. The molecule has 0 saturated heterocycles. The summed E-state index contributed by atoms with van der Waals surface area (Å²) in [5.74, 6) is -0.422. The summed E-state index contributed by atoms with van der Waals surface area (Å²) >= 11 is 0. The Bertz CT molecular complexity index is 708. The maximum absolute atomic E-state index is 12.1. The quantitative estimate of drug-likeness (QED) is 0.796. The lowest BCUT2D eigenvalue weighted by Gasteiger charge is -2.23. The molecule has 2 rings (SSSR count). The number of rotatable bonds is 6. The molecule has 0 aromatic heterocycles. The minimum absolute atomic E-state index is 0.0574. The van der Waals surface area contributed by atoms with Gasteiger partial charge in [0.1, 0.15) is 12.2 Å². The van der Waals surface area contributed by atoms with Crippen LogP contribution in [-0.4, -0.2) is 30.3 Å². The molecule has 5 heteroatoms. The van der Waals surface area contributed by atoms with Gasteiger partial charge in [-0.1, -0.05) is 48.5 Å². The van der Waals surface area contributed by atoms with Crippen molar-refractivity contribution >= 4 is 12.1 Å². The number of nitrogens with one attached hydrogen (secondary N) is 1. The highest BCUT2D eigenvalue weighted by atomic mass is 16.6. The fourth-order valence-electron chi connectivity index (χ4n) is 2.36. The summed E-state index contributed by atoms with van der Waals surface area (Å²) in [5.41, 5.74) is 0.912. The van der Waals surface area contributed by atoms with Gasteiger partial charge in [-0.3, -0.25) is 0 Å². The van der Waals surface area contributed by atoms with E-state index in [4.69, 9.17) is 9.47 Å². The summed E-state index contributed by atoms with van der Waals surface area (Å²) in [4.78, 5) is 24.3. The van der Waals surface area contributed by atoms with Crippen LogP contribution in [-0.2, 0) is 15.9 Å². The van der Waals surface area contributed by atoms with Gasteiger partial charge < -0.3 is 14.8 Å². The van der Waals surface area contributed by atoms with Crippen molar-refractivity contribution in [3.8, 4) is 0 Å². The Morgan fingerprint density at radius 3 is 2.12 bits per heavy atom. The average molecular weight is 355 g/mol. The zero-order valence-electron chi connectivity index (χ0n) is 15.4. The molecule has 0 aliphatic carbocycles. The fraction of sp³-hybridized carbons (Fsp3) is 0.333. The Labute approximate surface area is 154 Å². The molecule has 0 heterocycles. The molecular weight excluding hydrogens is 330 g/mol. The van der Waals surface area contributed by atoms with Gasteiger partial charge in [0.2, 0.25) is 0 Å². The van der Waals surface area contributed by atoms with Gasteiger partial charge in [0.05, 0.1) is 11.6 Å². The fourth-order valence-corrected chi connectivity index (χ4v) is 2.36. The Morgan fingerprint density at radius 1 is 0.962 bits per heavy atom. The van der Waals surface area contributed by atoms with Crippen LogP contribution in [0, 0.1) is 0 Å². The number of esters is 1. The third-order valence-electron chi connectivity index (χ3n) is 3.47. The molecule has 26 heavy (non-hydrogen) atoms. The predicted molar refractivity (Wildman–Crippen MR) is 100 cm³/mol. The van der Waals surface area contributed by atoms with Gasteiger partial charge in [-0.2, -0.15) is 0 Å². The van der Waals surface area contributed by atoms with E-state index in [2.05, 4.69) is 5.32 Å². The lowest BCUT2D eigenvalue weighted by atomic mass is 10.1. The molecule has 2 aromatic carbocycles. The van der Waals surface area contributed by atoms with E-state index in [0.29, 0.717) is 12.0 Å². The van der Waals surface area contributed by atoms with E-state index in [1.165, 1.54) is 0 Å². The van der Waals surface area contributed by atoms with Crippen molar-refractivity contribution in [2.24, 2.45) is 0 Å². The van der Waals surface area contributed by atoms with Gasteiger partial charge in [0, 0.05) is 0 Å². The first-order valence-electron chi connectivity index (χ1n) is 8.59. The van der Waals surface area contributed by atoms with Gasteiger partial charge in [-0.15, -0.1) is 0 Å². The Kier molecular flexibility index (Phi) is 6.78.